The molecule has 0 atom stereocenters. The van der Waals surface area contributed by atoms with Crippen molar-refractivity contribution in [1.29, 1.82) is 0 Å². The summed E-state index contributed by atoms with van der Waals surface area (Å²) >= 11 is 0. The summed E-state index contributed by atoms with van der Waals surface area (Å²) < 4.78 is 13.1. The van der Waals surface area contributed by atoms with Gasteiger partial charge in [0.1, 0.15) is 0 Å². The van der Waals surface area contributed by atoms with E-state index in [0.29, 0.717) is 113 Å². The van der Waals surface area contributed by atoms with E-state index in [0.717, 1.165) is 73.3 Å². The summed E-state index contributed by atoms with van der Waals surface area (Å²) in [6.07, 6.45) is 12.3. The second-order valence-corrected chi connectivity index (χ2v) is 20.8. The van der Waals surface area contributed by atoms with Crippen LogP contribution in [0.4, 0.5) is 11.4 Å². The Balaban J connectivity index is 0.872. The van der Waals surface area contributed by atoms with Crippen molar-refractivity contribution in [1.82, 2.24) is 9.97 Å². The van der Waals surface area contributed by atoms with Gasteiger partial charge in [0.05, 0.1) is 33.6 Å². The molecule has 2 aliphatic heterocycles. The van der Waals surface area contributed by atoms with E-state index in [1.807, 2.05) is 97.1 Å². The smallest absolute Gasteiger partial charge is 0.266 e. The third kappa shape index (κ3) is 8.41. The molecule has 2 fully saturated rings. The van der Waals surface area contributed by atoms with Gasteiger partial charge in [-0.1, -0.05) is 134 Å². The second kappa shape index (κ2) is 20.0. The average Bonchev–Trinajstić information content (AvgIpc) is 4.35. The molecule has 0 N–H and O–H groups in total. The van der Waals surface area contributed by atoms with E-state index in [1.165, 1.54) is 9.80 Å². The van der Waals surface area contributed by atoms with Crippen molar-refractivity contribution < 1.29 is 28.7 Å². The van der Waals surface area contributed by atoms with E-state index in [1.54, 1.807) is 73.1 Å². The lowest BCUT2D eigenvalue weighted by Crippen LogP contribution is -2.40. The number of carbonyl (C=O) groups excluding carboxylic acids is 4. The molecule has 10 nitrogen and oxygen atoms in total. The molecule has 10 heteroatoms. The Bertz CT molecular complexity index is 4100. The minimum atomic E-state index is -0.438. The van der Waals surface area contributed by atoms with E-state index in [4.69, 9.17) is 9.47 Å². The summed E-state index contributed by atoms with van der Waals surface area (Å²) in [4.78, 5) is 70.2. The van der Waals surface area contributed by atoms with Crippen LogP contribution in [0.3, 0.4) is 0 Å². The fourth-order valence-corrected chi connectivity index (χ4v) is 12.3. The van der Waals surface area contributed by atoms with Crippen LogP contribution in [0.25, 0.3) is 32.3 Å². The fraction of sp³-hybridized carbons (Fsp3) is 0.143. The van der Waals surface area contributed by atoms with E-state index in [-0.39, 0.29) is 0 Å². The first-order valence-electron chi connectivity index (χ1n) is 27.2. The maximum atomic E-state index is 14.9. The molecule has 4 aliphatic rings. The van der Waals surface area contributed by atoms with Crippen LogP contribution in [0.1, 0.15) is 138 Å². The Hall–Kier alpha value is -10.2. The van der Waals surface area contributed by atoms with Gasteiger partial charge in [0, 0.05) is 68.3 Å². The molecule has 2 aromatic heterocycles. The molecule has 0 radical (unpaired) electrons. The van der Waals surface area contributed by atoms with Crippen LogP contribution in [0.5, 0.6) is 23.3 Å². The van der Waals surface area contributed by atoms with E-state index in [2.05, 4.69) is 45.8 Å². The zero-order valence-electron chi connectivity index (χ0n) is 43.4. The molecular formula is C70H48N4O6. The SMILES string of the molecule is O=C1c2cccc3c(Oc4ccccn4)c(C#Cc4ccc(C#Cc5cc6c7c(cccc7c5Oc5ccccn5)C(=O)N(c5cccc(C7CCCC7)c5)C6=O)c5ccccc45)cc(c23)C(=O)N1c1cccc(C2CCCC2)c1. The predicted molar refractivity (Wildman–Crippen MR) is 310 cm³/mol. The summed E-state index contributed by atoms with van der Waals surface area (Å²) in [5, 5.41) is 3.77. The lowest BCUT2D eigenvalue weighted by Gasteiger charge is -2.28. The first-order valence-corrected chi connectivity index (χ1v) is 27.2. The minimum Gasteiger partial charge on any atom is -0.437 e. The molecule has 2 aliphatic carbocycles. The number of imide groups is 2. The first-order chi connectivity index (χ1) is 39.3. The van der Waals surface area contributed by atoms with Crippen LogP contribution >= 0.6 is 0 Å². The number of pyridine rings is 2. The lowest BCUT2D eigenvalue weighted by molar-refractivity contribution is 0.0877. The number of amides is 4. The number of carbonyl (C=O) groups is 4. The maximum absolute atomic E-state index is 14.9. The molecule has 10 aromatic rings. The van der Waals surface area contributed by atoms with Gasteiger partial charge in [-0.25, -0.2) is 19.8 Å². The van der Waals surface area contributed by atoms with Gasteiger partial charge in [-0.3, -0.25) is 19.2 Å². The van der Waals surface area contributed by atoms with Crippen LogP contribution in [0, 0.1) is 23.7 Å². The van der Waals surface area contributed by atoms with Crippen molar-refractivity contribution in [2.24, 2.45) is 0 Å². The third-order valence-corrected chi connectivity index (χ3v) is 16.1. The van der Waals surface area contributed by atoms with Crippen LogP contribution in [0.2, 0.25) is 0 Å². The molecule has 14 rings (SSSR count). The largest absolute Gasteiger partial charge is 0.437 e. The number of fused-ring (bicyclic) bond motifs is 1. The molecule has 0 bridgehead atoms. The summed E-state index contributed by atoms with van der Waals surface area (Å²) in [7, 11) is 0. The molecule has 2 saturated carbocycles. The number of anilines is 2. The second-order valence-electron chi connectivity index (χ2n) is 20.8. The molecule has 8 aromatic carbocycles. The van der Waals surface area contributed by atoms with Crippen molar-refractivity contribution in [3.63, 3.8) is 0 Å². The summed E-state index contributed by atoms with van der Waals surface area (Å²) in [5.41, 5.74) is 7.07. The molecule has 4 heterocycles. The van der Waals surface area contributed by atoms with Crippen molar-refractivity contribution in [3.05, 3.63) is 238 Å². The fourth-order valence-electron chi connectivity index (χ4n) is 12.3. The van der Waals surface area contributed by atoms with Gasteiger partial charge < -0.3 is 9.47 Å². The van der Waals surface area contributed by atoms with E-state index in [9.17, 15) is 19.2 Å². The average molecular weight is 1040 g/mol. The Labute approximate surface area is 461 Å². The summed E-state index contributed by atoms with van der Waals surface area (Å²) in [6.45, 7) is 0. The third-order valence-electron chi connectivity index (χ3n) is 16.1. The first kappa shape index (κ1) is 48.2. The van der Waals surface area contributed by atoms with Crippen molar-refractivity contribution in [3.8, 4) is 46.9 Å². The highest BCUT2D eigenvalue weighted by Gasteiger charge is 2.38. The highest BCUT2D eigenvalue weighted by molar-refractivity contribution is 6.37. The van der Waals surface area contributed by atoms with Gasteiger partial charge in [-0.15, -0.1) is 0 Å². The predicted octanol–water partition coefficient (Wildman–Crippen LogP) is 15.2. The van der Waals surface area contributed by atoms with Gasteiger partial charge in [0.25, 0.3) is 23.6 Å². The van der Waals surface area contributed by atoms with E-state index >= 15 is 0 Å². The molecule has 0 unspecified atom stereocenters. The van der Waals surface area contributed by atoms with Crippen LogP contribution in [-0.4, -0.2) is 33.6 Å². The number of ether oxygens (including phenoxy) is 2. The minimum absolute atomic E-state index is 0.327. The Morgan fingerprint density at radius 1 is 0.375 bits per heavy atom. The number of hydrogen-bond donors (Lipinski definition) is 0. The molecule has 384 valence electrons. The number of nitrogens with zero attached hydrogens (tertiary/aromatic N) is 4. The van der Waals surface area contributed by atoms with Crippen LogP contribution in [-0.2, 0) is 0 Å². The van der Waals surface area contributed by atoms with Crippen LogP contribution < -0.4 is 19.3 Å². The quantitative estimate of drug-likeness (QED) is 0.109. The van der Waals surface area contributed by atoms with Gasteiger partial charge in [-0.2, -0.15) is 0 Å². The van der Waals surface area contributed by atoms with Crippen molar-refractivity contribution >= 4 is 67.3 Å². The molecule has 80 heavy (non-hydrogen) atoms. The number of hydrogen-bond acceptors (Lipinski definition) is 8. The highest BCUT2D eigenvalue weighted by Crippen LogP contribution is 2.45. The zero-order chi connectivity index (χ0) is 53.8. The Morgan fingerprint density at radius 3 is 1.19 bits per heavy atom. The normalized spacial score (nSPS) is 15.1. The van der Waals surface area contributed by atoms with Gasteiger partial charge >= 0.3 is 0 Å². The van der Waals surface area contributed by atoms with Crippen molar-refractivity contribution in [2.75, 3.05) is 9.80 Å². The zero-order valence-corrected chi connectivity index (χ0v) is 43.4. The summed E-state index contributed by atoms with van der Waals surface area (Å²) in [6, 6.07) is 52.4. The topological polar surface area (TPSA) is 119 Å². The molecular weight excluding hydrogens is 993 g/mol. The Morgan fingerprint density at radius 2 is 0.762 bits per heavy atom. The van der Waals surface area contributed by atoms with Crippen molar-refractivity contribution in [2.45, 2.75) is 63.2 Å². The number of rotatable bonds is 8. The molecule has 4 amide bonds. The lowest BCUT2D eigenvalue weighted by atomic mass is 9.90. The standard InChI is InChI=1S/C70H48N4O6/c75-67-57-27-13-25-55-63(57)59(69(77)73(67)51-21-11-19-47(39-51)43-15-1-2-16-43)41-49(65(55)79-61-29-7-9-37-71-61)35-33-45-31-32-46(54-24-6-5-23-53(45)54)34-36-50-42-60-64-56(66(50)80-62-30-8-10-38-72-62)26-14-28-58(64)68(76)74(70(60)78)52-22-12-20-48(40-52)44-17-3-4-18-44/h5-14,19-32,37-44H,1-4,15-18H2. The Kier molecular flexibility index (Phi) is 12.1. The van der Waals surface area contributed by atoms with Gasteiger partial charge in [0.2, 0.25) is 11.8 Å². The van der Waals surface area contributed by atoms with E-state index < -0.39 is 23.6 Å². The molecule has 0 saturated heterocycles. The molecule has 0 spiro atoms. The van der Waals surface area contributed by atoms with Gasteiger partial charge in [-0.05, 0) is 132 Å². The maximum Gasteiger partial charge on any atom is 0.266 e. The highest BCUT2D eigenvalue weighted by atomic mass is 16.5. The van der Waals surface area contributed by atoms with Crippen LogP contribution in [0.15, 0.2) is 182 Å². The number of aromatic nitrogens is 2. The number of benzene rings is 8. The summed E-state index contributed by atoms with van der Waals surface area (Å²) in [5.74, 6) is 14.1. The monoisotopic (exact) mass is 1040 g/mol. The van der Waals surface area contributed by atoms with Gasteiger partial charge in [0.15, 0.2) is 11.5 Å².